The number of carbonyl (C=O) groups excluding carboxylic acids is 1. The average Bonchev–Trinajstić information content (AvgIpc) is 3.20. The standard InChI is InChI=1S/C18H28FN5O8P2/c1-8(2)30-16(26)9(3)23-34(28,32-33)29-6-11-13(25)18(4,27)17(31-11)24-5-10(19)12-14(20)21-7-22-15(12)24/h5,7-9,11,13,17,25,27H,6,33H2,1-4H3,(H,23,28)(H2,20,21,22)/t9-,11+,13-,17?,18+,34?/m0/s1. The Morgan fingerprint density at radius 1 is 1.47 bits per heavy atom. The van der Waals surface area contributed by atoms with Crippen molar-refractivity contribution in [1.82, 2.24) is 19.6 Å². The van der Waals surface area contributed by atoms with Crippen LogP contribution in [0.5, 0.6) is 0 Å². The van der Waals surface area contributed by atoms with Gasteiger partial charge in [0.2, 0.25) is 0 Å². The second kappa shape index (κ2) is 10.1. The Kier molecular flexibility index (Phi) is 7.96. The molecule has 34 heavy (non-hydrogen) atoms. The number of ether oxygens (including phenoxy) is 2. The number of anilines is 1. The van der Waals surface area contributed by atoms with E-state index in [-0.39, 0.29) is 23.0 Å². The fourth-order valence-electron chi connectivity index (χ4n) is 3.51. The molecule has 1 aliphatic rings. The molecule has 13 nitrogen and oxygen atoms in total. The summed E-state index contributed by atoms with van der Waals surface area (Å²) in [6.07, 6.45) is -2.30. The normalized spacial score (nSPS) is 27.7. The van der Waals surface area contributed by atoms with Crippen molar-refractivity contribution in [2.24, 2.45) is 0 Å². The number of hydrogen-bond donors (Lipinski definition) is 4. The van der Waals surface area contributed by atoms with Crippen LogP contribution in [0, 0.1) is 5.82 Å². The fourth-order valence-corrected chi connectivity index (χ4v) is 5.00. The van der Waals surface area contributed by atoms with Gasteiger partial charge in [0.25, 0.3) is 0 Å². The minimum atomic E-state index is -4.07. The fraction of sp³-hybridized carbons (Fsp3) is 0.611. The molecule has 2 aromatic rings. The second-order valence-electron chi connectivity index (χ2n) is 8.27. The zero-order valence-corrected chi connectivity index (χ0v) is 21.0. The van der Waals surface area contributed by atoms with Crippen molar-refractivity contribution in [2.45, 2.75) is 63.9 Å². The van der Waals surface area contributed by atoms with Gasteiger partial charge < -0.3 is 25.4 Å². The van der Waals surface area contributed by atoms with Crippen LogP contribution in [0.3, 0.4) is 0 Å². The largest absolute Gasteiger partial charge is 0.462 e. The van der Waals surface area contributed by atoms with Crippen LogP contribution < -0.4 is 10.8 Å². The van der Waals surface area contributed by atoms with Crippen LogP contribution in [0.1, 0.15) is 33.9 Å². The molecule has 16 heteroatoms. The molecular weight excluding hydrogens is 495 g/mol. The van der Waals surface area contributed by atoms with Crippen molar-refractivity contribution in [2.75, 3.05) is 12.3 Å². The topological polar surface area (TPSA) is 180 Å². The maximum Gasteiger partial charge on any atom is 0.409 e. The van der Waals surface area contributed by atoms with Crippen LogP contribution in [0.25, 0.3) is 11.0 Å². The van der Waals surface area contributed by atoms with Crippen molar-refractivity contribution >= 4 is 40.0 Å². The summed E-state index contributed by atoms with van der Waals surface area (Å²) < 4.78 is 49.5. The highest BCUT2D eigenvalue weighted by Crippen LogP contribution is 2.48. The lowest BCUT2D eigenvalue weighted by molar-refractivity contribution is -0.149. The van der Waals surface area contributed by atoms with Gasteiger partial charge in [-0.2, -0.15) is 0 Å². The third-order valence-corrected chi connectivity index (χ3v) is 7.51. The van der Waals surface area contributed by atoms with Crippen LogP contribution >= 0.6 is 17.2 Å². The molecule has 0 aromatic carbocycles. The van der Waals surface area contributed by atoms with Gasteiger partial charge in [-0.1, -0.05) is 0 Å². The smallest absolute Gasteiger partial charge is 0.409 e. The van der Waals surface area contributed by atoms with E-state index in [1.54, 1.807) is 23.3 Å². The van der Waals surface area contributed by atoms with E-state index in [0.717, 1.165) is 12.5 Å². The Labute approximate surface area is 197 Å². The number of aliphatic hydroxyl groups excluding tert-OH is 1. The lowest BCUT2D eigenvalue weighted by Crippen LogP contribution is -2.44. The molecule has 1 fully saturated rings. The summed E-state index contributed by atoms with van der Waals surface area (Å²) in [4.78, 5) is 19.7. The third-order valence-electron chi connectivity index (χ3n) is 5.20. The molecule has 0 saturated carbocycles. The van der Waals surface area contributed by atoms with E-state index in [1.165, 1.54) is 18.4 Å². The monoisotopic (exact) mass is 523 g/mol. The number of nitrogens with two attached hydrogens (primary N) is 1. The molecule has 2 aromatic heterocycles. The summed E-state index contributed by atoms with van der Waals surface area (Å²) in [7, 11) is -2.30. The molecule has 3 rings (SSSR count). The van der Waals surface area contributed by atoms with Crippen LogP contribution in [0.2, 0.25) is 0 Å². The van der Waals surface area contributed by atoms with Crippen molar-refractivity contribution in [3.05, 3.63) is 18.3 Å². The minimum Gasteiger partial charge on any atom is -0.462 e. The molecular formula is C18H28FN5O8P2. The van der Waals surface area contributed by atoms with Gasteiger partial charge in [0, 0.05) is 15.7 Å². The number of fused-ring (bicyclic) bond motifs is 1. The summed E-state index contributed by atoms with van der Waals surface area (Å²) in [6.45, 7) is 5.50. The average molecular weight is 523 g/mol. The van der Waals surface area contributed by atoms with E-state index in [9.17, 15) is 24.0 Å². The first-order chi connectivity index (χ1) is 15.8. The van der Waals surface area contributed by atoms with Crippen molar-refractivity contribution in [3.8, 4) is 0 Å². The zero-order valence-electron chi connectivity index (χ0n) is 18.9. The first kappa shape index (κ1) is 26.8. The minimum absolute atomic E-state index is 0.0437. The summed E-state index contributed by atoms with van der Waals surface area (Å²) in [5, 5.41) is 24.0. The molecule has 1 aliphatic heterocycles. The molecule has 3 unspecified atom stereocenters. The number of nitrogen functional groups attached to an aromatic ring is 1. The van der Waals surface area contributed by atoms with E-state index < -0.39 is 56.2 Å². The quantitative estimate of drug-likeness (QED) is 0.271. The van der Waals surface area contributed by atoms with E-state index in [2.05, 4.69) is 15.1 Å². The summed E-state index contributed by atoms with van der Waals surface area (Å²) in [6, 6.07) is -1.04. The van der Waals surface area contributed by atoms with E-state index in [1.807, 2.05) is 0 Å². The van der Waals surface area contributed by atoms with E-state index in [0.29, 0.717) is 0 Å². The van der Waals surface area contributed by atoms with Gasteiger partial charge in [-0.3, -0.25) is 18.2 Å². The Balaban J connectivity index is 1.76. The highest BCUT2D eigenvalue weighted by molar-refractivity contribution is 7.55. The molecule has 7 atom stereocenters. The number of aromatic nitrogens is 3. The first-order valence-corrected chi connectivity index (χ1v) is 12.3. The SMILES string of the molecule is CC(C)OC(=O)[C@H](C)NP(=O)(OP)OC[C@H]1OC(n2cc(F)c3c(N)ncnc32)[C@](C)(O)[C@H]1O. The number of nitrogens with zero attached hydrogens (tertiary/aromatic N) is 3. The number of carbonyl (C=O) groups is 1. The van der Waals surface area contributed by atoms with Gasteiger partial charge in [-0.05, 0) is 27.7 Å². The van der Waals surface area contributed by atoms with Gasteiger partial charge in [-0.15, -0.1) is 0 Å². The maximum absolute atomic E-state index is 14.5. The summed E-state index contributed by atoms with van der Waals surface area (Å²) in [5.41, 5.74) is 3.84. The molecule has 1 saturated heterocycles. The molecule has 190 valence electrons. The Bertz CT molecular complexity index is 1100. The molecule has 3 heterocycles. The number of rotatable bonds is 9. The predicted octanol–water partition coefficient (Wildman–Crippen LogP) is 1.02. The van der Waals surface area contributed by atoms with Gasteiger partial charge in [0.05, 0.1) is 18.1 Å². The van der Waals surface area contributed by atoms with Crippen molar-refractivity contribution < 1.29 is 42.3 Å². The molecule has 0 aliphatic carbocycles. The summed E-state index contributed by atoms with van der Waals surface area (Å²) in [5.74, 6) is -1.52. The number of nitrogens with one attached hydrogen (secondary N) is 1. The molecule has 0 amide bonds. The van der Waals surface area contributed by atoms with Gasteiger partial charge in [0.1, 0.15) is 36.0 Å². The summed E-state index contributed by atoms with van der Waals surface area (Å²) >= 11 is 0. The van der Waals surface area contributed by atoms with E-state index in [4.69, 9.17) is 24.0 Å². The molecule has 5 N–H and O–H groups in total. The Morgan fingerprint density at radius 3 is 2.76 bits per heavy atom. The lowest BCUT2D eigenvalue weighted by atomic mass is 9.96. The van der Waals surface area contributed by atoms with Crippen LogP contribution in [-0.4, -0.2) is 67.3 Å². The van der Waals surface area contributed by atoms with Crippen LogP contribution in [0.15, 0.2) is 12.5 Å². The molecule has 0 radical (unpaired) electrons. The van der Waals surface area contributed by atoms with Gasteiger partial charge in [0.15, 0.2) is 17.7 Å². The lowest BCUT2D eigenvalue weighted by Gasteiger charge is -2.27. The number of hydrogen-bond acceptors (Lipinski definition) is 11. The Morgan fingerprint density at radius 2 is 2.15 bits per heavy atom. The highest BCUT2D eigenvalue weighted by atomic mass is 31.2. The third kappa shape index (κ3) is 5.24. The van der Waals surface area contributed by atoms with Crippen LogP contribution in [0.4, 0.5) is 10.2 Å². The van der Waals surface area contributed by atoms with E-state index >= 15 is 0 Å². The zero-order chi connectivity index (χ0) is 25.4. The van der Waals surface area contributed by atoms with Crippen molar-refractivity contribution in [1.29, 1.82) is 0 Å². The molecule has 0 spiro atoms. The van der Waals surface area contributed by atoms with Gasteiger partial charge >= 0.3 is 13.7 Å². The Hall–Kier alpha value is -1.76. The number of halogens is 1. The second-order valence-corrected chi connectivity index (χ2v) is 10.6. The van der Waals surface area contributed by atoms with Gasteiger partial charge in [-0.25, -0.2) is 24.0 Å². The number of esters is 1. The van der Waals surface area contributed by atoms with Crippen molar-refractivity contribution in [3.63, 3.8) is 0 Å². The predicted molar refractivity (Wildman–Crippen MR) is 121 cm³/mol. The maximum atomic E-state index is 14.5. The highest BCUT2D eigenvalue weighted by Gasteiger charge is 2.54. The molecule has 0 bridgehead atoms. The van der Waals surface area contributed by atoms with Crippen LogP contribution in [-0.2, 0) is 27.7 Å². The first-order valence-electron chi connectivity index (χ1n) is 10.2. The number of aliphatic hydroxyl groups is 2.